The van der Waals surface area contributed by atoms with Gasteiger partial charge in [0.1, 0.15) is 18.1 Å². The lowest BCUT2D eigenvalue weighted by Crippen LogP contribution is -2.05. The largest absolute Gasteiger partial charge is 0.488 e. The van der Waals surface area contributed by atoms with E-state index in [2.05, 4.69) is 9.50 Å². The first-order chi connectivity index (χ1) is 11.2. The van der Waals surface area contributed by atoms with E-state index in [0.29, 0.717) is 5.69 Å². The fourth-order valence-corrected chi connectivity index (χ4v) is 2.37. The Morgan fingerprint density at radius 1 is 1.21 bits per heavy atom. The van der Waals surface area contributed by atoms with Crippen LogP contribution in [0.15, 0.2) is 42.5 Å². The van der Waals surface area contributed by atoms with E-state index in [4.69, 9.17) is 16.3 Å². The van der Waals surface area contributed by atoms with Crippen LogP contribution in [0.4, 0.5) is 9.57 Å². The average Bonchev–Trinajstić information content (AvgIpc) is 2.46. The van der Waals surface area contributed by atoms with E-state index in [-0.39, 0.29) is 29.0 Å². The Hall–Kier alpha value is -2.32. The van der Waals surface area contributed by atoms with Gasteiger partial charge in [-0.15, -0.1) is 0 Å². The molecule has 2 aromatic rings. The van der Waals surface area contributed by atoms with E-state index < -0.39 is 10.5 Å². The molecule has 0 atom stereocenters. The van der Waals surface area contributed by atoms with Gasteiger partial charge in [-0.1, -0.05) is 27.6 Å². The van der Waals surface area contributed by atoms with Crippen molar-refractivity contribution in [1.82, 2.24) is 0 Å². The Kier molecular flexibility index (Phi) is 5.63. The molecule has 24 heavy (non-hydrogen) atoms. The van der Waals surface area contributed by atoms with E-state index >= 15 is 0 Å². The number of anilines is 1. The minimum absolute atomic E-state index is 0.0750. The van der Waals surface area contributed by atoms with Gasteiger partial charge in [0.15, 0.2) is 0 Å². The number of carbonyl (C=O) groups is 1. The molecule has 0 aliphatic heterocycles. The highest BCUT2D eigenvalue weighted by Gasteiger charge is 2.12. The van der Waals surface area contributed by atoms with Crippen LogP contribution in [0.2, 0.25) is 5.02 Å². The third-order valence-electron chi connectivity index (χ3n) is 2.77. The molecule has 2 rings (SSSR count). The van der Waals surface area contributed by atoms with Crippen LogP contribution in [-0.2, 0) is 21.9 Å². The van der Waals surface area contributed by atoms with Crippen LogP contribution in [0, 0.1) is 0 Å². The molecule has 2 aromatic carbocycles. The lowest BCUT2D eigenvalue weighted by atomic mass is 10.2. The molecule has 0 spiro atoms. The van der Waals surface area contributed by atoms with Crippen molar-refractivity contribution in [2.45, 2.75) is 13.5 Å². The smallest absolute Gasteiger partial charge is 0.487 e. The Bertz CT molecular complexity index is 839. The lowest BCUT2D eigenvalue weighted by molar-refractivity contribution is -0.114. The van der Waals surface area contributed by atoms with Gasteiger partial charge < -0.3 is 14.2 Å². The van der Waals surface area contributed by atoms with Gasteiger partial charge in [-0.3, -0.25) is 4.79 Å². The van der Waals surface area contributed by atoms with Gasteiger partial charge in [0.05, 0.1) is 5.02 Å². The Balaban J connectivity index is 2.00. The standard InChI is InChI=1S/C15H13ClFNO5S/c1-10(19)18-12-4-2-11(3-5-12)9-22-15-7-6-13(8-14(15)16)23-24(17,20)21/h2-8H,9H2,1H3,(H,18,19). The fraction of sp³-hybridized carbons (Fsp3) is 0.133. The zero-order valence-electron chi connectivity index (χ0n) is 12.5. The van der Waals surface area contributed by atoms with Gasteiger partial charge in [0.2, 0.25) is 5.91 Å². The number of amides is 1. The summed E-state index contributed by atoms with van der Waals surface area (Å²) in [5.74, 6) is -0.135. The van der Waals surface area contributed by atoms with Crippen LogP contribution in [0.1, 0.15) is 12.5 Å². The van der Waals surface area contributed by atoms with Crippen molar-refractivity contribution in [3.05, 3.63) is 53.1 Å². The minimum atomic E-state index is -5.10. The van der Waals surface area contributed by atoms with Crippen LogP contribution in [-0.4, -0.2) is 14.3 Å². The molecule has 128 valence electrons. The number of carbonyl (C=O) groups excluding carboxylic acids is 1. The Labute approximate surface area is 143 Å². The first-order valence-corrected chi connectivity index (χ1v) is 8.34. The van der Waals surface area contributed by atoms with Gasteiger partial charge in [0.25, 0.3) is 0 Å². The van der Waals surface area contributed by atoms with E-state index in [0.717, 1.165) is 11.6 Å². The maximum Gasteiger partial charge on any atom is 0.488 e. The van der Waals surface area contributed by atoms with Crippen LogP contribution in [0.25, 0.3) is 0 Å². The van der Waals surface area contributed by atoms with E-state index in [1.807, 2.05) is 0 Å². The van der Waals surface area contributed by atoms with Crippen molar-refractivity contribution in [2.75, 3.05) is 5.32 Å². The lowest BCUT2D eigenvalue weighted by Gasteiger charge is -2.10. The second-order valence-corrected chi connectivity index (χ2v) is 6.10. The number of nitrogens with one attached hydrogen (secondary N) is 1. The molecule has 0 saturated heterocycles. The number of hydrogen-bond donors (Lipinski definition) is 1. The van der Waals surface area contributed by atoms with Gasteiger partial charge in [-0.2, -0.15) is 8.42 Å². The molecule has 0 aliphatic carbocycles. The molecule has 0 heterocycles. The zero-order valence-corrected chi connectivity index (χ0v) is 14.0. The quantitative estimate of drug-likeness (QED) is 0.784. The summed E-state index contributed by atoms with van der Waals surface area (Å²) in [6.07, 6.45) is 0. The molecule has 1 amide bonds. The van der Waals surface area contributed by atoms with Gasteiger partial charge >= 0.3 is 10.5 Å². The third kappa shape index (κ3) is 5.71. The summed E-state index contributed by atoms with van der Waals surface area (Å²) in [7, 11) is -5.10. The summed E-state index contributed by atoms with van der Waals surface area (Å²) >= 11 is 5.94. The summed E-state index contributed by atoms with van der Waals surface area (Å²) in [5.41, 5.74) is 1.49. The number of ether oxygens (including phenoxy) is 1. The maximum absolute atomic E-state index is 12.4. The van der Waals surface area contributed by atoms with Crippen LogP contribution >= 0.6 is 11.6 Å². The molecule has 0 bridgehead atoms. The molecule has 0 aromatic heterocycles. The second-order valence-electron chi connectivity index (χ2n) is 4.74. The number of rotatable bonds is 6. The van der Waals surface area contributed by atoms with Crippen molar-refractivity contribution in [3.8, 4) is 11.5 Å². The summed E-state index contributed by atoms with van der Waals surface area (Å²) in [4.78, 5) is 10.9. The van der Waals surface area contributed by atoms with E-state index in [1.54, 1.807) is 24.3 Å². The van der Waals surface area contributed by atoms with Crippen molar-refractivity contribution in [3.63, 3.8) is 0 Å². The monoisotopic (exact) mass is 373 g/mol. The summed E-state index contributed by atoms with van der Waals surface area (Å²) < 4.78 is 42.8. The molecule has 0 unspecified atom stereocenters. The SMILES string of the molecule is CC(=O)Nc1ccc(COc2ccc(OS(=O)(=O)F)cc2Cl)cc1. The molecule has 9 heteroatoms. The molecule has 0 fully saturated rings. The topological polar surface area (TPSA) is 81.7 Å². The highest BCUT2D eigenvalue weighted by Crippen LogP contribution is 2.30. The highest BCUT2D eigenvalue weighted by atomic mass is 35.5. The zero-order chi connectivity index (χ0) is 17.7. The molecule has 0 radical (unpaired) electrons. The molecule has 0 aliphatic rings. The number of halogens is 2. The third-order valence-corrected chi connectivity index (χ3v) is 3.45. The van der Waals surface area contributed by atoms with Gasteiger partial charge in [-0.25, -0.2) is 0 Å². The van der Waals surface area contributed by atoms with Crippen molar-refractivity contribution < 1.29 is 26.0 Å². The first-order valence-electron chi connectivity index (χ1n) is 6.66. The predicted octanol–water partition coefficient (Wildman–Crippen LogP) is 3.47. The summed E-state index contributed by atoms with van der Waals surface area (Å²) in [6.45, 7) is 1.61. The number of hydrogen-bond acceptors (Lipinski definition) is 5. The molecular weight excluding hydrogens is 361 g/mol. The van der Waals surface area contributed by atoms with Gasteiger partial charge in [0, 0.05) is 18.7 Å². The molecular formula is C15H13ClFNO5S. The van der Waals surface area contributed by atoms with Crippen molar-refractivity contribution >= 4 is 33.7 Å². The maximum atomic E-state index is 12.4. The normalized spacial score (nSPS) is 11.0. The first kappa shape index (κ1) is 18.0. The van der Waals surface area contributed by atoms with Crippen LogP contribution < -0.4 is 14.2 Å². The Morgan fingerprint density at radius 2 is 1.88 bits per heavy atom. The highest BCUT2D eigenvalue weighted by molar-refractivity contribution is 7.81. The fourth-order valence-electron chi connectivity index (χ4n) is 1.81. The molecule has 6 nitrogen and oxygen atoms in total. The summed E-state index contributed by atoms with van der Waals surface area (Å²) in [5, 5.41) is 2.72. The minimum Gasteiger partial charge on any atom is -0.487 e. The van der Waals surface area contributed by atoms with Crippen LogP contribution in [0.5, 0.6) is 11.5 Å². The van der Waals surface area contributed by atoms with E-state index in [9.17, 15) is 17.1 Å². The summed E-state index contributed by atoms with van der Waals surface area (Å²) in [6, 6.07) is 10.7. The Morgan fingerprint density at radius 3 is 2.42 bits per heavy atom. The van der Waals surface area contributed by atoms with Crippen LogP contribution in [0.3, 0.4) is 0 Å². The van der Waals surface area contributed by atoms with Crippen molar-refractivity contribution in [2.24, 2.45) is 0 Å². The molecule has 1 N–H and O–H groups in total. The van der Waals surface area contributed by atoms with Gasteiger partial charge in [-0.05, 0) is 29.8 Å². The molecule has 0 saturated carbocycles. The predicted molar refractivity (Wildman–Crippen MR) is 87.2 cm³/mol. The second kappa shape index (κ2) is 7.50. The van der Waals surface area contributed by atoms with Crippen molar-refractivity contribution in [1.29, 1.82) is 0 Å². The number of benzene rings is 2. The average molecular weight is 374 g/mol. The van der Waals surface area contributed by atoms with E-state index in [1.165, 1.54) is 19.1 Å².